The maximum absolute atomic E-state index is 6.62. The molecule has 2 unspecified atom stereocenters. The van der Waals surface area contributed by atoms with Crippen molar-refractivity contribution in [2.24, 2.45) is 5.92 Å². The zero-order valence-corrected chi connectivity index (χ0v) is 15.1. The number of epoxide rings is 1. The summed E-state index contributed by atoms with van der Waals surface area (Å²) in [6.45, 7) is 8.37. The molecule has 1 aliphatic carbocycles. The lowest BCUT2D eigenvalue weighted by molar-refractivity contribution is -0.114. The molecule has 3 nitrogen and oxygen atoms in total. The van der Waals surface area contributed by atoms with Gasteiger partial charge in [0.05, 0.1) is 31.7 Å². The van der Waals surface area contributed by atoms with Gasteiger partial charge >= 0.3 is 0 Å². The second kappa shape index (κ2) is 10.4. The average Bonchev–Trinajstić information content (AvgIpc) is 3.42. The SMILES string of the molecule is C=COCCCCC(CCCC)(OCC1CO1)C1CCCCC1. The third kappa shape index (κ3) is 6.46. The standard InChI is InChI=1S/C20H36O3/c1-3-5-13-20(23-17-19-16-22-19,14-9-10-15-21-4-2)18-11-7-6-8-12-18/h4,18-19H,2-3,5-17H2,1H3. The maximum Gasteiger partial charge on any atom is 0.104 e. The predicted molar refractivity (Wildman–Crippen MR) is 94.5 cm³/mol. The van der Waals surface area contributed by atoms with Crippen LogP contribution in [0.4, 0.5) is 0 Å². The Hall–Kier alpha value is -0.540. The Balaban J connectivity index is 1.94. The van der Waals surface area contributed by atoms with Crippen LogP contribution in [0.25, 0.3) is 0 Å². The van der Waals surface area contributed by atoms with Crippen LogP contribution in [-0.2, 0) is 14.2 Å². The van der Waals surface area contributed by atoms with Gasteiger partial charge in [-0.15, -0.1) is 0 Å². The van der Waals surface area contributed by atoms with Crippen LogP contribution in [0.5, 0.6) is 0 Å². The van der Waals surface area contributed by atoms with Crippen LogP contribution in [0.2, 0.25) is 0 Å². The molecule has 0 spiro atoms. The Kier molecular flexibility index (Phi) is 8.46. The van der Waals surface area contributed by atoms with E-state index in [1.165, 1.54) is 64.2 Å². The van der Waals surface area contributed by atoms with Gasteiger partial charge in [0.25, 0.3) is 0 Å². The summed E-state index contributed by atoms with van der Waals surface area (Å²) in [6, 6.07) is 0. The molecule has 1 saturated carbocycles. The minimum Gasteiger partial charge on any atom is -0.502 e. The lowest BCUT2D eigenvalue weighted by Gasteiger charge is -2.43. The van der Waals surface area contributed by atoms with E-state index >= 15 is 0 Å². The van der Waals surface area contributed by atoms with E-state index in [4.69, 9.17) is 14.2 Å². The van der Waals surface area contributed by atoms with Gasteiger partial charge in [-0.1, -0.05) is 45.6 Å². The summed E-state index contributed by atoms with van der Waals surface area (Å²) in [5.74, 6) is 0.738. The van der Waals surface area contributed by atoms with Gasteiger partial charge in [-0.2, -0.15) is 0 Å². The third-order valence-corrected chi connectivity index (χ3v) is 5.49. The van der Waals surface area contributed by atoms with E-state index in [9.17, 15) is 0 Å². The van der Waals surface area contributed by atoms with Crippen LogP contribution in [0.3, 0.4) is 0 Å². The normalized spacial score (nSPS) is 24.1. The molecule has 0 amide bonds. The van der Waals surface area contributed by atoms with E-state index in [2.05, 4.69) is 13.5 Å². The van der Waals surface area contributed by atoms with Crippen LogP contribution in [-0.4, -0.2) is 31.5 Å². The third-order valence-electron chi connectivity index (χ3n) is 5.49. The fraction of sp³-hybridized carbons (Fsp3) is 0.900. The number of ether oxygens (including phenoxy) is 3. The monoisotopic (exact) mass is 324 g/mol. The number of unbranched alkanes of at least 4 members (excludes halogenated alkanes) is 2. The van der Waals surface area contributed by atoms with Crippen molar-refractivity contribution in [1.29, 1.82) is 0 Å². The van der Waals surface area contributed by atoms with E-state index in [1.54, 1.807) is 6.26 Å². The van der Waals surface area contributed by atoms with Gasteiger partial charge < -0.3 is 14.2 Å². The van der Waals surface area contributed by atoms with Gasteiger partial charge in [0.1, 0.15) is 6.10 Å². The van der Waals surface area contributed by atoms with Gasteiger partial charge in [-0.25, -0.2) is 0 Å². The first-order valence-corrected chi connectivity index (χ1v) is 9.79. The number of hydrogen-bond acceptors (Lipinski definition) is 3. The summed E-state index contributed by atoms with van der Waals surface area (Å²) >= 11 is 0. The Labute approximate surface area is 142 Å². The van der Waals surface area contributed by atoms with Crippen molar-refractivity contribution in [2.75, 3.05) is 19.8 Å². The zero-order chi connectivity index (χ0) is 16.4. The summed E-state index contributed by atoms with van der Waals surface area (Å²) in [6.07, 6.45) is 15.9. The van der Waals surface area contributed by atoms with E-state index in [1.807, 2.05) is 0 Å². The molecule has 1 heterocycles. The summed E-state index contributed by atoms with van der Waals surface area (Å²) in [4.78, 5) is 0. The van der Waals surface area contributed by atoms with E-state index in [0.717, 1.165) is 32.2 Å². The summed E-state index contributed by atoms with van der Waals surface area (Å²) in [5.41, 5.74) is 0.0799. The molecule has 0 N–H and O–H groups in total. The van der Waals surface area contributed by atoms with E-state index in [0.29, 0.717) is 6.10 Å². The molecule has 0 aromatic carbocycles. The van der Waals surface area contributed by atoms with Crippen molar-refractivity contribution >= 4 is 0 Å². The lowest BCUT2D eigenvalue weighted by Crippen LogP contribution is -2.43. The van der Waals surface area contributed by atoms with Gasteiger partial charge in [0, 0.05) is 0 Å². The molecule has 134 valence electrons. The molecule has 0 bridgehead atoms. The molecule has 0 radical (unpaired) electrons. The Morgan fingerprint density at radius 2 is 1.87 bits per heavy atom. The van der Waals surface area contributed by atoms with Gasteiger partial charge in [0.15, 0.2) is 0 Å². The molecule has 3 heteroatoms. The highest BCUT2D eigenvalue weighted by molar-refractivity contribution is 4.91. The molecule has 2 aliphatic rings. The molecule has 0 aromatic heterocycles. The first-order valence-electron chi connectivity index (χ1n) is 9.79. The van der Waals surface area contributed by atoms with Crippen molar-refractivity contribution in [2.45, 2.75) is 89.3 Å². The minimum absolute atomic E-state index is 0.0799. The fourth-order valence-electron chi connectivity index (χ4n) is 4.02. The Morgan fingerprint density at radius 1 is 1.13 bits per heavy atom. The van der Waals surface area contributed by atoms with Crippen molar-refractivity contribution in [3.05, 3.63) is 12.8 Å². The smallest absolute Gasteiger partial charge is 0.104 e. The van der Waals surface area contributed by atoms with Crippen molar-refractivity contribution in [1.82, 2.24) is 0 Å². The van der Waals surface area contributed by atoms with Crippen molar-refractivity contribution in [3.8, 4) is 0 Å². The van der Waals surface area contributed by atoms with Crippen LogP contribution in [0.1, 0.15) is 77.6 Å². The summed E-state index contributed by atoms with van der Waals surface area (Å²) < 4.78 is 17.3. The average molecular weight is 325 g/mol. The van der Waals surface area contributed by atoms with Gasteiger partial charge in [-0.05, 0) is 44.4 Å². The van der Waals surface area contributed by atoms with E-state index < -0.39 is 0 Å². The predicted octanol–water partition coefficient (Wildman–Crippen LogP) is 5.24. The topological polar surface area (TPSA) is 31.0 Å². The number of hydrogen-bond donors (Lipinski definition) is 0. The van der Waals surface area contributed by atoms with Crippen molar-refractivity contribution in [3.63, 3.8) is 0 Å². The molecular weight excluding hydrogens is 288 g/mol. The van der Waals surface area contributed by atoms with Crippen LogP contribution in [0.15, 0.2) is 12.8 Å². The zero-order valence-electron chi connectivity index (χ0n) is 15.1. The van der Waals surface area contributed by atoms with Crippen LogP contribution >= 0.6 is 0 Å². The first-order chi connectivity index (χ1) is 11.3. The Bertz CT molecular complexity index is 321. The fourth-order valence-corrected chi connectivity index (χ4v) is 4.02. The highest BCUT2D eigenvalue weighted by Gasteiger charge is 2.40. The molecule has 23 heavy (non-hydrogen) atoms. The highest BCUT2D eigenvalue weighted by atomic mass is 16.6. The Morgan fingerprint density at radius 3 is 2.52 bits per heavy atom. The molecule has 2 fully saturated rings. The molecular formula is C20H36O3. The molecule has 2 atom stereocenters. The summed E-state index contributed by atoms with van der Waals surface area (Å²) in [5, 5.41) is 0. The molecule has 2 rings (SSSR count). The summed E-state index contributed by atoms with van der Waals surface area (Å²) in [7, 11) is 0. The molecule has 0 aromatic rings. The largest absolute Gasteiger partial charge is 0.502 e. The lowest BCUT2D eigenvalue weighted by atomic mass is 9.72. The molecule has 1 aliphatic heterocycles. The molecule has 1 saturated heterocycles. The van der Waals surface area contributed by atoms with E-state index in [-0.39, 0.29) is 5.60 Å². The van der Waals surface area contributed by atoms with Crippen LogP contribution in [0, 0.1) is 5.92 Å². The maximum atomic E-state index is 6.62. The second-order valence-corrected chi connectivity index (χ2v) is 7.26. The van der Waals surface area contributed by atoms with Crippen molar-refractivity contribution < 1.29 is 14.2 Å². The van der Waals surface area contributed by atoms with Crippen LogP contribution < -0.4 is 0 Å². The quantitative estimate of drug-likeness (QED) is 0.264. The number of rotatable bonds is 13. The second-order valence-electron chi connectivity index (χ2n) is 7.26. The highest BCUT2D eigenvalue weighted by Crippen LogP contribution is 2.42. The minimum atomic E-state index is 0.0799. The first kappa shape index (κ1) is 18.8. The van der Waals surface area contributed by atoms with Gasteiger partial charge in [0.2, 0.25) is 0 Å². The van der Waals surface area contributed by atoms with Gasteiger partial charge in [-0.3, -0.25) is 0 Å².